The Morgan fingerprint density at radius 1 is 1.43 bits per heavy atom. The molecule has 1 aliphatic heterocycles. The van der Waals surface area contributed by atoms with Gasteiger partial charge in [-0.05, 0) is 31.7 Å². The number of hydrogen-bond donors (Lipinski definition) is 2. The van der Waals surface area contributed by atoms with E-state index in [1.54, 1.807) is 4.90 Å². The smallest absolute Gasteiger partial charge is 0.266 e. The number of likely N-dealkylation sites (tertiary alicyclic amines) is 1. The van der Waals surface area contributed by atoms with Crippen LogP contribution in [0.15, 0.2) is 17.1 Å². The van der Waals surface area contributed by atoms with Gasteiger partial charge in [-0.1, -0.05) is 18.0 Å². The predicted octanol–water partition coefficient (Wildman–Crippen LogP) is 1.80. The Kier molecular flexibility index (Phi) is 3.80. The molecule has 2 N–H and O–H groups in total. The number of H-pyrrole nitrogens is 1. The quantitative estimate of drug-likeness (QED) is 0.830. The van der Waals surface area contributed by atoms with Gasteiger partial charge < -0.3 is 15.0 Å². The van der Waals surface area contributed by atoms with E-state index in [1.165, 1.54) is 12.3 Å². The summed E-state index contributed by atoms with van der Waals surface area (Å²) in [7, 11) is 0. The number of nitrogens with zero attached hydrogens (tertiary/aromatic N) is 1. The summed E-state index contributed by atoms with van der Waals surface area (Å²) in [6, 6.07) is 1.41. The largest absolute Gasteiger partial charge is 0.392 e. The minimum Gasteiger partial charge on any atom is -0.392 e. The first-order valence-electron chi connectivity index (χ1n) is 7.37. The van der Waals surface area contributed by atoms with Gasteiger partial charge in [0, 0.05) is 24.7 Å². The number of aromatic nitrogens is 1. The second kappa shape index (κ2) is 5.46. The number of aromatic amines is 1. The van der Waals surface area contributed by atoms with Crippen molar-refractivity contribution in [3.63, 3.8) is 0 Å². The van der Waals surface area contributed by atoms with E-state index in [9.17, 15) is 14.7 Å². The van der Waals surface area contributed by atoms with Gasteiger partial charge in [0.25, 0.3) is 11.5 Å². The second-order valence-corrected chi connectivity index (χ2v) is 6.57. The lowest BCUT2D eigenvalue weighted by Crippen LogP contribution is -2.49. The Bertz CT molecular complexity index is 615. The Morgan fingerprint density at radius 3 is 2.86 bits per heavy atom. The average molecular weight is 311 g/mol. The van der Waals surface area contributed by atoms with Crippen LogP contribution in [0.4, 0.5) is 0 Å². The molecule has 2 heterocycles. The molecule has 0 radical (unpaired) electrons. The van der Waals surface area contributed by atoms with Crippen molar-refractivity contribution in [3.8, 4) is 0 Å². The van der Waals surface area contributed by atoms with E-state index in [-0.39, 0.29) is 22.4 Å². The highest BCUT2D eigenvalue weighted by atomic mass is 35.5. The van der Waals surface area contributed by atoms with Gasteiger partial charge in [0.2, 0.25) is 0 Å². The third-order valence-corrected chi connectivity index (χ3v) is 5.14. The zero-order chi connectivity index (χ0) is 15.0. The first-order chi connectivity index (χ1) is 10.0. The average Bonchev–Trinajstić information content (AvgIpc) is 2.82. The fourth-order valence-electron chi connectivity index (χ4n) is 3.69. The topological polar surface area (TPSA) is 73.4 Å². The van der Waals surface area contributed by atoms with Crippen molar-refractivity contribution in [2.75, 3.05) is 13.1 Å². The summed E-state index contributed by atoms with van der Waals surface area (Å²) in [6.45, 7) is 1.27. The number of nitrogens with one attached hydrogen (secondary N) is 1. The number of piperidine rings is 1. The van der Waals surface area contributed by atoms with Gasteiger partial charge in [-0.25, -0.2) is 0 Å². The number of hydrogen-bond acceptors (Lipinski definition) is 3. The summed E-state index contributed by atoms with van der Waals surface area (Å²) >= 11 is 5.79. The fourth-order valence-corrected chi connectivity index (χ4v) is 3.86. The zero-order valence-electron chi connectivity index (χ0n) is 11.8. The summed E-state index contributed by atoms with van der Waals surface area (Å²) in [4.78, 5) is 28.1. The van der Waals surface area contributed by atoms with E-state index >= 15 is 0 Å². The normalized spacial score (nSPS) is 29.0. The van der Waals surface area contributed by atoms with Crippen LogP contribution >= 0.6 is 11.6 Å². The molecule has 2 fully saturated rings. The molecule has 6 heteroatoms. The Balaban J connectivity index is 1.81. The molecule has 3 rings (SSSR count). The highest BCUT2D eigenvalue weighted by Gasteiger charge is 2.45. The van der Waals surface area contributed by atoms with Gasteiger partial charge in [-0.3, -0.25) is 9.59 Å². The van der Waals surface area contributed by atoms with Crippen LogP contribution in [0.2, 0.25) is 5.02 Å². The molecular formula is C15H19ClN2O3. The molecule has 114 valence electrons. The van der Waals surface area contributed by atoms with E-state index in [0.717, 1.165) is 32.1 Å². The zero-order valence-corrected chi connectivity index (χ0v) is 12.5. The SMILES string of the molecule is O=C(c1c[nH]c(=O)c(Cl)c1)N1CCC[C@@]2(CCC[C@H]2O)C1. The lowest BCUT2D eigenvalue weighted by molar-refractivity contribution is -0.00537. The molecule has 0 unspecified atom stereocenters. The van der Waals surface area contributed by atoms with Gasteiger partial charge in [-0.15, -0.1) is 0 Å². The number of halogens is 1. The van der Waals surface area contributed by atoms with Crippen LogP contribution < -0.4 is 5.56 Å². The highest BCUT2D eigenvalue weighted by Crippen LogP contribution is 2.45. The molecule has 1 aromatic rings. The van der Waals surface area contributed by atoms with Crippen molar-refractivity contribution >= 4 is 17.5 Å². The minimum absolute atomic E-state index is 0.0217. The summed E-state index contributed by atoms with van der Waals surface area (Å²) in [5.41, 5.74) is -0.140. The maximum atomic E-state index is 12.6. The van der Waals surface area contributed by atoms with E-state index in [4.69, 9.17) is 11.6 Å². The van der Waals surface area contributed by atoms with E-state index < -0.39 is 5.56 Å². The van der Waals surface area contributed by atoms with Crippen LogP contribution in [0.5, 0.6) is 0 Å². The van der Waals surface area contributed by atoms with Crippen LogP contribution in [0.3, 0.4) is 0 Å². The molecule has 1 aliphatic carbocycles. The Morgan fingerprint density at radius 2 is 2.19 bits per heavy atom. The molecule has 1 spiro atoms. The fraction of sp³-hybridized carbons (Fsp3) is 0.600. The molecule has 0 aromatic carbocycles. The molecule has 2 atom stereocenters. The van der Waals surface area contributed by atoms with Gasteiger partial charge in [0.1, 0.15) is 5.02 Å². The molecule has 5 nitrogen and oxygen atoms in total. The molecule has 1 amide bonds. The monoisotopic (exact) mass is 310 g/mol. The first kappa shape index (κ1) is 14.6. The van der Waals surface area contributed by atoms with Crippen LogP contribution in [0.25, 0.3) is 0 Å². The number of carbonyl (C=O) groups excluding carboxylic acids is 1. The Labute approximate surface area is 127 Å². The third-order valence-electron chi connectivity index (χ3n) is 4.86. The van der Waals surface area contributed by atoms with Crippen molar-refractivity contribution in [2.24, 2.45) is 5.41 Å². The summed E-state index contributed by atoms with van der Waals surface area (Å²) in [5, 5.41) is 10.3. The molecule has 1 aromatic heterocycles. The summed E-state index contributed by atoms with van der Waals surface area (Å²) < 4.78 is 0. The maximum Gasteiger partial charge on any atom is 0.266 e. The van der Waals surface area contributed by atoms with Crippen molar-refractivity contribution in [3.05, 3.63) is 33.2 Å². The lowest BCUT2D eigenvalue weighted by Gasteiger charge is -2.42. The van der Waals surface area contributed by atoms with Crippen molar-refractivity contribution in [1.82, 2.24) is 9.88 Å². The highest BCUT2D eigenvalue weighted by molar-refractivity contribution is 6.30. The van der Waals surface area contributed by atoms with Crippen molar-refractivity contribution in [1.29, 1.82) is 0 Å². The number of rotatable bonds is 1. The molecule has 1 saturated heterocycles. The number of aliphatic hydroxyl groups is 1. The predicted molar refractivity (Wildman–Crippen MR) is 79.5 cm³/mol. The van der Waals surface area contributed by atoms with Gasteiger partial charge in [0.05, 0.1) is 11.7 Å². The van der Waals surface area contributed by atoms with Gasteiger partial charge in [0.15, 0.2) is 0 Å². The molecule has 2 aliphatic rings. The van der Waals surface area contributed by atoms with Crippen molar-refractivity contribution in [2.45, 2.75) is 38.2 Å². The third kappa shape index (κ3) is 2.60. The van der Waals surface area contributed by atoms with Crippen LogP contribution in [-0.2, 0) is 0 Å². The number of aliphatic hydroxyl groups excluding tert-OH is 1. The van der Waals surface area contributed by atoms with Crippen LogP contribution in [-0.4, -0.2) is 40.1 Å². The lowest BCUT2D eigenvalue weighted by atomic mass is 9.76. The molecule has 1 saturated carbocycles. The number of amides is 1. The molecule has 0 bridgehead atoms. The standard InChI is InChI=1S/C15H19ClN2O3/c16-11-7-10(8-17-13(11)20)14(21)18-6-2-5-15(9-18)4-1-3-12(15)19/h7-8,12,19H,1-6,9H2,(H,17,20)/t12-,15+/m1/s1. The molecule has 21 heavy (non-hydrogen) atoms. The summed E-state index contributed by atoms with van der Waals surface area (Å²) in [5.74, 6) is -0.133. The minimum atomic E-state index is -0.394. The maximum absolute atomic E-state index is 12.6. The van der Waals surface area contributed by atoms with E-state index in [0.29, 0.717) is 18.7 Å². The Hall–Kier alpha value is -1.33. The second-order valence-electron chi connectivity index (χ2n) is 6.17. The van der Waals surface area contributed by atoms with Crippen LogP contribution in [0.1, 0.15) is 42.5 Å². The summed E-state index contributed by atoms with van der Waals surface area (Å²) in [6.07, 6.45) is 5.80. The number of pyridine rings is 1. The van der Waals surface area contributed by atoms with Gasteiger partial charge in [-0.2, -0.15) is 0 Å². The van der Waals surface area contributed by atoms with Crippen molar-refractivity contribution < 1.29 is 9.90 Å². The van der Waals surface area contributed by atoms with Gasteiger partial charge >= 0.3 is 0 Å². The first-order valence-corrected chi connectivity index (χ1v) is 7.75. The molecular weight excluding hydrogens is 292 g/mol. The van der Waals surface area contributed by atoms with E-state index in [1.807, 2.05) is 0 Å². The van der Waals surface area contributed by atoms with Crippen LogP contribution in [0, 0.1) is 5.41 Å². The van der Waals surface area contributed by atoms with E-state index in [2.05, 4.69) is 4.98 Å². The number of carbonyl (C=O) groups is 1.